The summed E-state index contributed by atoms with van der Waals surface area (Å²) in [7, 11) is 0. The van der Waals surface area contributed by atoms with E-state index in [-0.39, 0.29) is 5.82 Å². The maximum atomic E-state index is 13.0. The molecule has 0 aliphatic rings. The summed E-state index contributed by atoms with van der Waals surface area (Å²) >= 11 is 0. The van der Waals surface area contributed by atoms with Crippen molar-refractivity contribution in [3.8, 4) is 0 Å². The molecule has 0 saturated carbocycles. The predicted octanol–water partition coefficient (Wildman–Crippen LogP) is 3.37. The number of rotatable bonds is 4. The fraction of sp³-hybridized carbons (Fsp3) is 0.200. The number of anilines is 2. The molecule has 3 N–H and O–H groups in total. The molecular weight excluding hydrogens is 227 g/mol. The molecule has 3 heteroatoms. The standard InChI is InChI=1S/C15H17FN2/c1-11-5-6-14(10-15(11)17)18-8-7-12-3-2-4-13(16)9-12/h2-6,9-10,18H,7-8,17H2,1H3. The molecule has 0 radical (unpaired) electrons. The summed E-state index contributed by atoms with van der Waals surface area (Å²) < 4.78 is 13.0. The van der Waals surface area contributed by atoms with Gasteiger partial charge < -0.3 is 11.1 Å². The Bertz CT molecular complexity index is 538. The number of benzene rings is 2. The molecule has 2 aromatic carbocycles. The van der Waals surface area contributed by atoms with Gasteiger partial charge in [0, 0.05) is 17.9 Å². The van der Waals surface area contributed by atoms with Gasteiger partial charge in [-0.1, -0.05) is 18.2 Å². The van der Waals surface area contributed by atoms with E-state index in [1.165, 1.54) is 6.07 Å². The summed E-state index contributed by atoms with van der Waals surface area (Å²) in [6.07, 6.45) is 0.783. The summed E-state index contributed by atoms with van der Waals surface area (Å²) in [5.74, 6) is -0.188. The average molecular weight is 244 g/mol. The number of hydrogen-bond donors (Lipinski definition) is 2. The van der Waals surface area contributed by atoms with Crippen LogP contribution in [0.1, 0.15) is 11.1 Å². The largest absolute Gasteiger partial charge is 0.398 e. The lowest BCUT2D eigenvalue weighted by Gasteiger charge is -2.08. The minimum Gasteiger partial charge on any atom is -0.398 e. The van der Waals surface area contributed by atoms with Crippen LogP contribution >= 0.6 is 0 Å². The molecule has 0 heterocycles. The van der Waals surface area contributed by atoms with Crippen LogP contribution < -0.4 is 11.1 Å². The Morgan fingerprint density at radius 2 is 2.00 bits per heavy atom. The van der Waals surface area contributed by atoms with Crippen LogP contribution in [0.15, 0.2) is 42.5 Å². The molecule has 0 fully saturated rings. The van der Waals surface area contributed by atoms with Crippen LogP contribution in [-0.4, -0.2) is 6.54 Å². The molecule has 0 aliphatic carbocycles. The lowest BCUT2D eigenvalue weighted by atomic mass is 10.1. The first-order valence-electron chi connectivity index (χ1n) is 5.99. The molecule has 94 valence electrons. The Morgan fingerprint density at radius 3 is 2.72 bits per heavy atom. The topological polar surface area (TPSA) is 38.0 Å². The Kier molecular flexibility index (Phi) is 3.82. The molecule has 0 spiro atoms. The van der Waals surface area contributed by atoms with Gasteiger partial charge in [0.05, 0.1) is 0 Å². The summed E-state index contributed by atoms with van der Waals surface area (Å²) in [5, 5.41) is 3.28. The van der Waals surface area contributed by atoms with E-state index in [2.05, 4.69) is 5.32 Å². The van der Waals surface area contributed by atoms with Crippen LogP contribution in [0.4, 0.5) is 15.8 Å². The SMILES string of the molecule is Cc1ccc(NCCc2cccc(F)c2)cc1N. The van der Waals surface area contributed by atoms with E-state index >= 15 is 0 Å². The van der Waals surface area contributed by atoms with Crippen molar-refractivity contribution in [2.45, 2.75) is 13.3 Å². The maximum Gasteiger partial charge on any atom is 0.123 e. The molecule has 0 saturated heterocycles. The summed E-state index contributed by atoms with van der Waals surface area (Å²) in [4.78, 5) is 0. The van der Waals surface area contributed by atoms with Crippen LogP contribution in [0, 0.1) is 12.7 Å². The minimum atomic E-state index is -0.188. The molecule has 0 unspecified atom stereocenters. The molecule has 0 bridgehead atoms. The normalized spacial score (nSPS) is 10.3. The van der Waals surface area contributed by atoms with Crippen LogP contribution in [0.25, 0.3) is 0 Å². The zero-order valence-corrected chi connectivity index (χ0v) is 10.4. The zero-order valence-electron chi connectivity index (χ0n) is 10.4. The van der Waals surface area contributed by atoms with Crippen LogP contribution in [0.3, 0.4) is 0 Å². The van der Waals surface area contributed by atoms with Crippen molar-refractivity contribution in [1.29, 1.82) is 0 Å². The van der Waals surface area contributed by atoms with Crippen molar-refractivity contribution in [2.75, 3.05) is 17.6 Å². The Labute approximate surface area is 107 Å². The van der Waals surface area contributed by atoms with Gasteiger partial charge in [0.15, 0.2) is 0 Å². The summed E-state index contributed by atoms with van der Waals surface area (Å²) in [6.45, 7) is 2.73. The number of hydrogen-bond acceptors (Lipinski definition) is 2. The van der Waals surface area contributed by atoms with Crippen LogP contribution in [-0.2, 0) is 6.42 Å². The molecule has 0 aromatic heterocycles. The molecule has 0 aliphatic heterocycles. The maximum absolute atomic E-state index is 13.0. The Hall–Kier alpha value is -2.03. The molecule has 2 nitrogen and oxygen atoms in total. The number of aryl methyl sites for hydroxylation is 1. The number of halogens is 1. The van der Waals surface area contributed by atoms with E-state index < -0.39 is 0 Å². The van der Waals surface area contributed by atoms with E-state index in [4.69, 9.17) is 5.73 Å². The highest BCUT2D eigenvalue weighted by atomic mass is 19.1. The number of nitrogens with two attached hydrogens (primary N) is 1. The van der Waals surface area contributed by atoms with Gasteiger partial charge in [-0.25, -0.2) is 4.39 Å². The summed E-state index contributed by atoms with van der Waals surface area (Å²) in [5.41, 5.74) is 9.67. The first-order valence-corrected chi connectivity index (χ1v) is 5.99. The van der Waals surface area contributed by atoms with Gasteiger partial charge >= 0.3 is 0 Å². The highest BCUT2D eigenvalue weighted by molar-refractivity contribution is 5.58. The van der Waals surface area contributed by atoms with E-state index in [1.807, 2.05) is 31.2 Å². The molecular formula is C15H17FN2. The van der Waals surface area contributed by atoms with Gasteiger partial charge in [-0.3, -0.25) is 0 Å². The Morgan fingerprint density at radius 1 is 1.17 bits per heavy atom. The highest BCUT2D eigenvalue weighted by Gasteiger charge is 1.98. The predicted molar refractivity (Wildman–Crippen MR) is 74.2 cm³/mol. The molecule has 0 amide bonds. The van der Waals surface area contributed by atoms with E-state index in [1.54, 1.807) is 12.1 Å². The first-order chi connectivity index (χ1) is 8.65. The van der Waals surface area contributed by atoms with Gasteiger partial charge in [0.1, 0.15) is 5.82 Å². The minimum absolute atomic E-state index is 0.188. The fourth-order valence-corrected chi connectivity index (χ4v) is 1.79. The zero-order chi connectivity index (χ0) is 13.0. The van der Waals surface area contributed by atoms with Crippen LogP contribution in [0.5, 0.6) is 0 Å². The second-order valence-electron chi connectivity index (χ2n) is 4.38. The van der Waals surface area contributed by atoms with Crippen molar-refractivity contribution in [3.05, 3.63) is 59.4 Å². The van der Waals surface area contributed by atoms with E-state index in [0.29, 0.717) is 0 Å². The molecule has 0 atom stereocenters. The summed E-state index contributed by atoms with van der Waals surface area (Å²) in [6, 6.07) is 12.6. The highest BCUT2D eigenvalue weighted by Crippen LogP contribution is 2.16. The average Bonchev–Trinajstić information content (AvgIpc) is 2.34. The van der Waals surface area contributed by atoms with Crippen molar-refractivity contribution >= 4 is 11.4 Å². The quantitative estimate of drug-likeness (QED) is 0.809. The van der Waals surface area contributed by atoms with Crippen molar-refractivity contribution in [2.24, 2.45) is 0 Å². The van der Waals surface area contributed by atoms with Gasteiger partial charge in [-0.15, -0.1) is 0 Å². The second-order valence-corrected chi connectivity index (χ2v) is 4.38. The van der Waals surface area contributed by atoms with Gasteiger partial charge in [-0.05, 0) is 48.7 Å². The van der Waals surface area contributed by atoms with Crippen LogP contribution in [0.2, 0.25) is 0 Å². The van der Waals surface area contributed by atoms with Gasteiger partial charge in [0.25, 0.3) is 0 Å². The third-order valence-corrected chi connectivity index (χ3v) is 2.91. The first kappa shape index (κ1) is 12.4. The van der Waals surface area contributed by atoms with Crippen molar-refractivity contribution in [3.63, 3.8) is 0 Å². The third-order valence-electron chi connectivity index (χ3n) is 2.91. The second kappa shape index (κ2) is 5.54. The lowest BCUT2D eigenvalue weighted by Crippen LogP contribution is -2.05. The lowest BCUT2D eigenvalue weighted by molar-refractivity contribution is 0.625. The molecule has 18 heavy (non-hydrogen) atoms. The molecule has 2 rings (SSSR count). The monoisotopic (exact) mass is 244 g/mol. The third kappa shape index (κ3) is 3.23. The number of nitrogen functional groups attached to an aromatic ring is 1. The van der Waals surface area contributed by atoms with E-state index in [9.17, 15) is 4.39 Å². The van der Waals surface area contributed by atoms with Crippen molar-refractivity contribution in [1.82, 2.24) is 0 Å². The van der Waals surface area contributed by atoms with Gasteiger partial charge in [-0.2, -0.15) is 0 Å². The fourth-order valence-electron chi connectivity index (χ4n) is 1.79. The van der Waals surface area contributed by atoms with Gasteiger partial charge in [0.2, 0.25) is 0 Å². The smallest absolute Gasteiger partial charge is 0.123 e. The van der Waals surface area contributed by atoms with E-state index in [0.717, 1.165) is 35.5 Å². The molecule has 2 aromatic rings. The number of nitrogens with one attached hydrogen (secondary N) is 1. The van der Waals surface area contributed by atoms with Crippen molar-refractivity contribution < 1.29 is 4.39 Å². The Balaban J connectivity index is 1.90.